The number of rotatable bonds is 4. The van der Waals surface area contributed by atoms with E-state index in [1.807, 2.05) is 0 Å². The second kappa shape index (κ2) is 6.87. The van der Waals surface area contributed by atoms with E-state index in [2.05, 4.69) is 16.4 Å². The van der Waals surface area contributed by atoms with Crippen molar-refractivity contribution in [1.29, 1.82) is 5.26 Å². The Morgan fingerprint density at radius 3 is 2.76 bits per heavy atom. The molecule has 5 fully saturated rings. The van der Waals surface area contributed by atoms with Gasteiger partial charge in [0.05, 0.1) is 11.6 Å². The summed E-state index contributed by atoms with van der Waals surface area (Å²) in [4.78, 5) is 31.4. The maximum Gasteiger partial charge on any atom is 0.410 e. The SMILES string of the molecule is N#Cc1cnc(N[C@@H]2CCN(C(=O)O[C@H]3C4CC5CC3C[C@](C(N)=O)(C5)C4)C2)s1. The monoisotopic (exact) mass is 415 g/mol. The molecule has 4 saturated carbocycles. The number of hydrogen-bond acceptors (Lipinski definition) is 7. The molecule has 1 aromatic rings. The smallest absolute Gasteiger partial charge is 0.410 e. The van der Waals surface area contributed by atoms with Gasteiger partial charge in [-0.2, -0.15) is 5.26 Å². The molecule has 3 atom stereocenters. The lowest BCUT2D eigenvalue weighted by molar-refractivity contribution is -0.161. The van der Waals surface area contributed by atoms with Crippen molar-refractivity contribution in [3.05, 3.63) is 11.1 Å². The molecule has 1 saturated heterocycles. The number of nitrogens with one attached hydrogen (secondary N) is 1. The molecule has 3 N–H and O–H groups in total. The first kappa shape index (κ1) is 18.7. The molecule has 154 valence electrons. The van der Waals surface area contributed by atoms with E-state index in [0.29, 0.717) is 29.0 Å². The van der Waals surface area contributed by atoms with Crippen LogP contribution < -0.4 is 11.1 Å². The van der Waals surface area contributed by atoms with Crippen LogP contribution in [0, 0.1) is 34.5 Å². The van der Waals surface area contributed by atoms with E-state index in [4.69, 9.17) is 15.7 Å². The molecule has 4 aliphatic carbocycles. The third-order valence-corrected chi connectivity index (χ3v) is 8.17. The van der Waals surface area contributed by atoms with E-state index in [0.717, 1.165) is 38.5 Å². The highest BCUT2D eigenvalue weighted by Gasteiger charge is 2.59. The van der Waals surface area contributed by atoms with Crippen LogP contribution in [-0.2, 0) is 9.53 Å². The molecule has 1 aliphatic heterocycles. The number of nitrogens with zero attached hydrogens (tertiary/aromatic N) is 3. The van der Waals surface area contributed by atoms with Crippen LogP contribution in [0.4, 0.5) is 9.93 Å². The highest BCUT2D eigenvalue weighted by Crippen LogP contribution is 2.60. The Hall–Kier alpha value is -2.34. The van der Waals surface area contributed by atoms with E-state index in [-0.39, 0.29) is 41.4 Å². The topological polar surface area (TPSA) is 121 Å². The zero-order valence-electron chi connectivity index (χ0n) is 16.2. The Balaban J connectivity index is 1.19. The average molecular weight is 416 g/mol. The molecule has 0 aromatic carbocycles. The third-order valence-electron chi connectivity index (χ3n) is 7.34. The van der Waals surface area contributed by atoms with Crippen LogP contribution >= 0.6 is 11.3 Å². The van der Waals surface area contributed by atoms with Crippen molar-refractivity contribution < 1.29 is 14.3 Å². The van der Waals surface area contributed by atoms with E-state index in [9.17, 15) is 9.59 Å². The number of amides is 2. The molecule has 0 radical (unpaired) electrons. The number of likely N-dealkylation sites (tertiary alicyclic amines) is 1. The van der Waals surface area contributed by atoms with Gasteiger partial charge in [0, 0.05) is 19.1 Å². The standard InChI is InChI=1S/C20H25N5O3S/c21-8-15-9-23-18(29-15)24-14-1-2-25(10-14)19(27)28-16-12-3-11-4-13(16)7-20(5-11,6-12)17(22)26/h9,11-14,16H,1-7,10H2,(H2,22,26)(H,23,24)/t11?,12?,13?,14-,16-,20-/m1/s1. The van der Waals surface area contributed by atoms with E-state index >= 15 is 0 Å². The summed E-state index contributed by atoms with van der Waals surface area (Å²) in [6.07, 6.45) is 6.57. The quantitative estimate of drug-likeness (QED) is 0.778. The number of carbonyl (C=O) groups excluding carboxylic acids is 2. The number of ether oxygens (including phenoxy) is 1. The number of carbonyl (C=O) groups is 2. The van der Waals surface area contributed by atoms with E-state index < -0.39 is 0 Å². The summed E-state index contributed by atoms with van der Waals surface area (Å²) >= 11 is 1.32. The Bertz CT molecular complexity index is 864. The second-order valence-electron chi connectivity index (χ2n) is 9.18. The third kappa shape index (κ3) is 3.23. The predicted octanol–water partition coefficient (Wildman–Crippen LogP) is 2.32. The summed E-state index contributed by atoms with van der Waals surface area (Å²) in [5.41, 5.74) is 5.38. The van der Waals surface area contributed by atoms with Crippen LogP contribution in [0.3, 0.4) is 0 Å². The maximum atomic E-state index is 12.8. The molecule has 2 amide bonds. The molecular formula is C20H25N5O3S. The fraction of sp³-hybridized carbons (Fsp3) is 0.700. The van der Waals surface area contributed by atoms with Gasteiger partial charge < -0.3 is 20.7 Å². The van der Waals surface area contributed by atoms with Crippen molar-refractivity contribution in [3.63, 3.8) is 0 Å². The molecular weight excluding hydrogens is 390 g/mol. The fourth-order valence-corrected chi connectivity index (χ4v) is 6.96. The summed E-state index contributed by atoms with van der Waals surface area (Å²) in [7, 11) is 0. The lowest BCUT2D eigenvalue weighted by Crippen LogP contribution is -2.59. The summed E-state index contributed by atoms with van der Waals surface area (Å²) in [5.74, 6) is 0.895. The zero-order chi connectivity index (χ0) is 20.2. The van der Waals surface area contributed by atoms with Gasteiger partial charge in [0.2, 0.25) is 5.91 Å². The van der Waals surface area contributed by atoms with Crippen molar-refractivity contribution in [1.82, 2.24) is 9.88 Å². The zero-order valence-corrected chi connectivity index (χ0v) is 17.0. The van der Waals surface area contributed by atoms with Gasteiger partial charge in [-0.25, -0.2) is 9.78 Å². The van der Waals surface area contributed by atoms with Crippen LogP contribution in [0.15, 0.2) is 6.20 Å². The molecule has 1 aromatic heterocycles. The molecule has 5 aliphatic rings. The first-order valence-corrected chi connectivity index (χ1v) is 11.2. The Labute approximate surface area is 173 Å². The van der Waals surface area contributed by atoms with Gasteiger partial charge in [-0.3, -0.25) is 4.79 Å². The van der Waals surface area contributed by atoms with Crippen LogP contribution in [0.2, 0.25) is 0 Å². The van der Waals surface area contributed by atoms with Gasteiger partial charge in [-0.15, -0.1) is 0 Å². The number of aromatic nitrogens is 1. The molecule has 29 heavy (non-hydrogen) atoms. The normalized spacial score (nSPS) is 37.3. The minimum absolute atomic E-state index is 0.0873. The number of nitrogens with two attached hydrogens (primary N) is 1. The minimum Gasteiger partial charge on any atom is -0.446 e. The molecule has 8 nitrogen and oxygen atoms in total. The number of hydrogen-bond donors (Lipinski definition) is 2. The van der Waals surface area contributed by atoms with Gasteiger partial charge >= 0.3 is 6.09 Å². The van der Waals surface area contributed by atoms with Crippen molar-refractivity contribution >= 4 is 28.5 Å². The number of nitriles is 1. The van der Waals surface area contributed by atoms with Gasteiger partial charge in [0.15, 0.2) is 5.13 Å². The number of primary amides is 1. The van der Waals surface area contributed by atoms with Crippen molar-refractivity contribution in [3.8, 4) is 6.07 Å². The van der Waals surface area contributed by atoms with E-state index in [1.165, 1.54) is 11.3 Å². The van der Waals surface area contributed by atoms with Gasteiger partial charge in [0.25, 0.3) is 0 Å². The highest BCUT2D eigenvalue weighted by molar-refractivity contribution is 7.16. The molecule has 6 rings (SSSR count). The summed E-state index contributed by atoms with van der Waals surface area (Å²) in [6.45, 7) is 1.21. The average Bonchev–Trinajstić information content (AvgIpc) is 3.33. The number of thiazole rings is 1. The Morgan fingerprint density at radius 1 is 1.34 bits per heavy atom. The van der Waals surface area contributed by atoms with Crippen LogP contribution in [0.5, 0.6) is 0 Å². The Kier molecular flexibility index (Phi) is 4.42. The molecule has 2 unspecified atom stereocenters. The van der Waals surface area contributed by atoms with Crippen molar-refractivity contribution in [2.24, 2.45) is 28.9 Å². The number of anilines is 1. The molecule has 2 heterocycles. The van der Waals surface area contributed by atoms with Crippen LogP contribution in [0.1, 0.15) is 43.4 Å². The lowest BCUT2D eigenvalue weighted by Gasteiger charge is -2.58. The van der Waals surface area contributed by atoms with Crippen molar-refractivity contribution in [2.45, 2.75) is 50.7 Å². The second-order valence-corrected chi connectivity index (χ2v) is 10.2. The lowest BCUT2D eigenvalue weighted by atomic mass is 9.48. The van der Waals surface area contributed by atoms with Crippen LogP contribution in [-0.4, -0.2) is 47.1 Å². The molecule has 9 heteroatoms. The van der Waals surface area contributed by atoms with Gasteiger partial charge in [-0.05, 0) is 56.3 Å². The fourth-order valence-electron chi connectivity index (χ4n) is 6.27. The van der Waals surface area contributed by atoms with E-state index in [1.54, 1.807) is 11.1 Å². The first-order valence-electron chi connectivity index (χ1n) is 10.3. The van der Waals surface area contributed by atoms with Crippen molar-refractivity contribution in [2.75, 3.05) is 18.4 Å². The minimum atomic E-state index is -0.363. The summed E-state index contributed by atoms with van der Waals surface area (Å²) in [5, 5.41) is 12.9. The maximum absolute atomic E-state index is 12.8. The highest BCUT2D eigenvalue weighted by atomic mass is 32.1. The van der Waals surface area contributed by atoms with Crippen LogP contribution in [0.25, 0.3) is 0 Å². The largest absolute Gasteiger partial charge is 0.446 e. The molecule has 4 bridgehead atoms. The first-order chi connectivity index (χ1) is 14.0. The summed E-state index contributed by atoms with van der Waals surface area (Å²) < 4.78 is 6.01. The predicted molar refractivity (Wildman–Crippen MR) is 106 cm³/mol. The van der Waals surface area contributed by atoms with Gasteiger partial charge in [0.1, 0.15) is 17.1 Å². The Morgan fingerprint density at radius 2 is 2.10 bits per heavy atom. The summed E-state index contributed by atoms with van der Waals surface area (Å²) in [6, 6.07) is 2.19. The molecule has 0 spiro atoms. The van der Waals surface area contributed by atoms with Gasteiger partial charge in [-0.1, -0.05) is 11.3 Å².